The van der Waals surface area contributed by atoms with E-state index in [2.05, 4.69) is 84.4 Å². The summed E-state index contributed by atoms with van der Waals surface area (Å²) in [5.41, 5.74) is 3.39. The van der Waals surface area contributed by atoms with Crippen LogP contribution in [0.2, 0.25) is 0 Å². The zero-order valence-corrected chi connectivity index (χ0v) is 16.8. The number of hydrogen-bond acceptors (Lipinski definition) is 4. The molecule has 1 aliphatic heterocycles. The number of aromatic nitrogens is 2. The highest BCUT2D eigenvalue weighted by atomic mass is 15.3. The molecular weight excluding hydrogens is 344 g/mol. The summed E-state index contributed by atoms with van der Waals surface area (Å²) in [6.07, 6.45) is 2.49. The van der Waals surface area contributed by atoms with Gasteiger partial charge < -0.3 is 9.80 Å². The molecule has 0 saturated carbocycles. The Morgan fingerprint density at radius 2 is 1.71 bits per heavy atom. The Balaban J connectivity index is 1.69. The van der Waals surface area contributed by atoms with Crippen molar-refractivity contribution in [1.29, 1.82) is 0 Å². The smallest absolute Gasteiger partial charge is 0.227 e. The first kappa shape index (κ1) is 18.5. The van der Waals surface area contributed by atoms with Crippen molar-refractivity contribution in [3.05, 3.63) is 72.3 Å². The molecule has 1 unspecified atom stereocenters. The van der Waals surface area contributed by atoms with Crippen LogP contribution in [0.1, 0.15) is 25.3 Å². The Labute approximate surface area is 167 Å². The fourth-order valence-corrected chi connectivity index (χ4v) is 3.83. The van der Waals surface area contributed by atoms with E-state index < -0.39 is 0 Å². The van der Waals surface area contributed by atoms with Gasteiger partial charge in [-0.3, -0.25) is 0 Å². The van der Waals surface area contributed by atoms with E-state index in [0.717, 1.165) is 42.7 Å². The number of rotatable bonds is 5. The third-order valence-corrected chi connectivity index (χ3v) is 5.36. The molecule has 0 N–H and O–H groups in total. The minimum atomic E-state index is 0.684. The number of anilines is 2. The average molecular weight is 373 g/mol. The van der Waals surface area contributed by atoms with E-state index in [1.807, 2.05) is 6.07 Å². The van der Waals surface area contributed by atoms with Gasteiger partial charge in [0.1, 0.15) is 5.82 Å². The van der Waals surface area contributed by atoms with Crippen molar-refractivity contribution in [2.45, 2.75) is 26.3 Å². The maximum atomic E-state index is 4.95. The second-order valence-corrected chi connectivity index (χ2v) is 7.81. The molecule has 4 nitrogen and oxygen atoms in total. The van der Waals surface area contributed by atoms with Crippen molar-refractivity contribution in [2.24, 2.45) is 5.92 Å². The highest BCUT2D eigenvalue weighted by molar-refractivity contribution is 5.65. The van der Waals surface area contributed by atoms with Gasteiger partial charge in [-0.25, -0.2) is 4.98 Å². The van der Waals surface area contributed by atoms with Gasteiger partial charge in [0.15, 0.2) is 0 Å². The first-order valence-corrected chi connectivity index (χ1v) is 10.1. The van der Waals surface area contributed by atoms with Gasteiger partial charge in [-0.2, -0.15) is 4.98 Å². The van der Waals surface area contributed by atoms with Crippen LogP contribution in [-0.4, -0.2) is 30.1 Å². The second-order valence-electron chi connectivity index (χ2n) is 7.81. The molecule has 4 rings (SSSR count). The zero-order valence-electron chi connectivity index (χ0n) is 16.8. The lowest BCUT2D eigenvalue weighted by Crippen LogP contribution is -2.35. The summed E-state index contributed by atoms with van der Waals surface area (Å²) in [6.45, 7) is 5.20. The molecule has 0 aliphatic carbocycles. The summed E-state index contributed by atoms with van der Waals surface area (Å²) in [5.74, 6) is 2.50. The van der Waals surface area contributed by atoms with Crippen molar-refractivity contribution in [1.82, 2.24) is 9.97 Å². The fraction of sp³-hybridized carbons (Fsp3) is 0.333. The van der Waals surface area contributed by atoms with E-state index in [4.69, 9.17) is 9.97 Å². The molecule has 1 aromatic heterocycles. The van der Waals surface area contributed by atoms with Gasteiger partial charge in [-0.15, -0.1) is 0 Å². The van der Waals surface area contributed by atoms with Gasteiger partial charge in [-0.1, -0.05) is 67.6 Å². The van der Waals surface area contributed by atoms with Crippen molar-refractivity contribution < 1.29 is 0 Å². The van der Waals surface area contributed by atoms with Gasteiger partial charge in [-0.05, 0) is 24.3 Å². The molecule has 0 bridgehead atoms. The van der Waals surface area contributed by atoms with Gasteiger partial charge >= 0.3 is 0 Å². The molecule has 4 heteroatoms. The van der Waals surface area contributed by atoms with Crippen LogP contribution in [0.4, 0.5) is 11.8 Å². The molecular formula is C24H28N4. The molecule has 2 heterocycles. The Bertz CT molecular complexity index is 895. The first-order valence-electron chi connectivity index (χ1n) is 10.1. The lowest BCUT2D eigenvalue weighted by atomic mass is 10.0. The summed E-state index contributed by atoms with van der Waals surface area (Å²) in [5, 5.41) is 0. The molecule has 28 heavy (non-hydrogen) atoms. The molecule has 1 saturated heterocycles. The second kappa shape index (κ2) is 8.42. The molecule has 2 aromatic carbocycles. The summed E-state index contributed by atoms with van der Waals surface area (Å²) < 4.78 is 0. The van der Waals surface area contributed by atoms with E-state index in [1.165, 1.54) is 18.4 Å². The predicted octanol–water partition coefficient (Wildman–Crippen LogP) is 5.02. The zero-order chi connectivity index (χ0) is 19.3. The Morgan fingerprint density at radius 1 is 1.00 bits per heavy atom. The topological polar surface area (TPSA) is 32.3 Å². The monoisotopic (exact) mass is 372 g/mol. The van der Waals surface area contributed by atoms with E-state index in [9.17, 15) is 0 Å². The lowest BCUT2D eigenvalue weighted by Gasteiger charge is -2.32. The Kier molecular flexibility index (Phi) is 5.56. The number of hydrogen-bond donors (Lipinski definition) is 0. The summed E-state index contributed by atoms with van der Waals surface area (Å²) in [4.78, 5) is 14.4. The normalized spacial score (nSPS) is 16.8. The average Bonchev–Trinajstić information content (AvgIpc) is 2.75. The molecule has 0 radical (unpaired) electrons. The van der Waals surface area contributed by atoms with Crippen LogP contribution in [0.5, 0.6) is 0 Å². The van der Waals surface area contributed by atoms with Crippen LogP contribution < -0.4 is 9.80 Å². The molecule has 1 aliphatic rings. The molecule has 1 atom stereocenters. The molecule has 3 aromatic rings. The largest absolute Gasteiger partial charge is 0.355 e. The SMILES string of the molecule is CC1CCCN(c2nc(-c3ccccc3)cc(N(C)Cc3ccccc3)n2)C1. The third-order valence-electron chi connectivity index (χ3n) is 5.36. The van der Waals surface area contributed by atoms with Crippen molar-refractivity contribution in [3.8, 4) is 11.3 Å². The standard InChI is InChI=1S/C24H28N4/c1-19-10-9-15-28(17-19)24-25-22(21-13-7-4-8-14-21)16-23(26-24)27(2)18-20-11-5-3-6-12-20/h3-8,11-14,16,19H,9-10,15,17-18H2,1-2H3. The van der Waals surface area contributed by atoms with Gasteiger partial charge in [0.25, 0.3) is 0 Å². The maximum absolute atomic E-state index is 4.95. The highest BCUT2D eigenvalue weighted by Crippen LogP contribution is 2.27. The molecule has 1 fully saturated rings. The minimum Gasteiger partial charge on any atom is -0.355 e. The fourth-order valence-electron chi connectivity index (χ4n) is 3.83. The molecule has 0 amide bonds. The minimum absolute atomic E-state index is 0.684. The number of nitrogens with zero attached hydrogens (tertiary/aromatic N) is 4. The predicted molar refractivity (Wildman–Crippen MR) is 117 cm³/mol. The van der Waals surface area contributed by atoms with Gasteiger partial charge in [0.05, 0.1) is 5.69 Å². The molecule has 0 spiro atoms. The Morgan fingerprint density at radius 3 is 2.43 bits per heavy atom. The van der Waals surface area contributed by atoms with Crippen LogP contribution >= 0.6 is 0 Å². The quantitative estimate of drug-likeness (QED) is 0.630. The van der Waals surface area contributed by atoms with Crippen LogP contribution in [0, 0.1) is 5.92 Å². The number of benzene rings is 2. The molecule has 144 valence electrons. The number of piperidine rings is 1. The van der Waals surface area contributed by atoms with Gasteiger partial charge in [0.2, 0.25) is 5.95 Å². The van der Waals surface area contributed by atoms with Crippen LogP contribution in [0.25, 0.3) is 11.3 Å². The van der Waals surface area contributed by atoms with Crippen molar-refractivity contribution in [2.75, 3.05) is 29.9 Å². The van der Waals surface area contributed by atoms with Crippen molar-refractivity contribution >= 4 is 11.8 Å². The van der Waals surface area contributed by atoms with E-state index in [-0.39, 0.29) is 0 Å². The summed E-state index contributed by atoms with van der Waals surface area (Å²) >= 11 is 0. The van der Waals surface area contributed by atoms with E-state index in [0.29, 0.717) is 5.92 Å². The third kappa shape index (κ3) is 4.33. The van der Waals surface area contributed by atoms with Crippen molar-refractivity contribution in [3.63, 3.8) is 0 Å². The van der Waals surface area contributed by atoms with E-state index in [1.54, 1.807) is 0 Å². The van der Waals surface area contributed by atoms with Crippen LogP contribution in [0.3, 0.4) is 0 Å². The van der Waals surface area contributed by atoms with Gasteiger partial charge in [0, 0.05) is 38.3 Å². The Hall–Kier alpha value is -2.88. The summed E-state index contributed by atoms with van der Waals surface area (Å²) in [6, 6.07) is 23.0. The summed E-state index contributed by atoms with van der Waals surface area (Å²) in [7, 11) is 2.10. The van der Waals surface area contributed by atoms with E-state index >= 15 is 0 Å². The lowest BCUT2D eigenvalue weighted by molar-refractivity contribution is 0.442. The first-order chi connectivity index (χ1) is 13.7. The maximum Gasteiger partial charge on any atom is 0.227 e. The van der Waals surface area contributed by atoms with Crippen LogP contribution in [0.15, 0.2) is 66.7 Å². The van der Waals surface area contributed by atoms with Crippen LogP contribution in [-0.2, 0) is 6.54 Å². The highest BCUT2D eigenvalue weighted by Gasteiger charge is 2.20.